The second-order valence-corrected chi connectivity index (χ2v) is 9.10. The number of aromatic nitrogens is 1. The van der Waals surface area contributed by atoms with Crippen LogP contribution in [0.1, 0.15) is 56.1 Å². The highest BCUT2D eigenvalue weighted by molar-refractivity contribution is 5.18. The van der Waals surface area contributed by atoms with Crippen LogP contribution in [0.2, 0.25) is 0 Å². The van der Waals surface area contributed by atoms with Gasteiger partial charge in [-0.05, 0) is 67.5 Å². The van der Waals surface area contributed by atoms with Crippen LogP contribution in [-0.2, 0) is 13.1 Å². The minimum absolute atomic E-state index is 0.507. The van der Waals surface area contributed by atoms with Crippen molar-refractivity contribution in [3.63, 3.8) is 0 Å². The van der Waals surface area contributed by atoms with Crippen molar-refractivity contribution in [2.24, 2.45) is 5.92 Å². The van der Waals surface area contributed by atoms with Crippen LogP contribution >= 0.6 is 0 Å². The Morgan fingerprint density at radius 1 is 0.933 bits per heavy atom. The Hall–Kier alpha value is -1.85. The largest absolute Gasteiger partial charge is 0.300 e. The van der Waals surface area contributed by atoms with Crippen LogP contribution in [0.3, 0.4) is 0 Å². The van der Waals surface area contributed by atoms with Crippen molar-refractivity contribution in [2.45, 2.75) is 64.1 Å². The van der Waals surface area contributed by atoms with Crippen molar-refractivity contribution in [1.29, 1.82) is 0 Å². The van der Waals surface area contributed by atoms with Gasteiger partial charge < -0.3 is 4.90 Å². The third kappa shape index (κ3) is 6.08. The van der Waals surface area contributed by atoms with Gasteiger partial charge in [-0.25, -0.2) is 8.78 Å². The molecule has 2 fully saturated rings. The molecule has 1 aliphatic carbocycles. The van der Waals surface area contributed by atoms with E-state index in [1.165, 1.54) is 63.6 Å². The number of benzene rings is 1. The maximum absolute atomic E-state index is 13.7. The van der Waals surface area contributed by atoms with Gasteiger partial charge in [-0.1, -0.05) is 25.3 Å². The van der Waals surface area contributed by atoms with Gasteiger partial charge >= 0.3 is 0 Å². The standard InChI is InChI=1S/C25H33F2N3/c26-23-12-22(13-24(27)14-23)18-29(16-20-6-4-10-28-15-20)17-21-7-5-11-30(19-21)25-8-2-1-3-9-25/h4,6,10,12-15,21,25H,1-3,5,7-9,11,16-19H2. The minimum atomic E-state index is -0.507. The Kier molecular flexibility index (Phi) is 7.45. The van der Waals surface area contributed by atoms with Gasteiger partial charge in [0, 0.05) is 50.7 Å². The van der Waals surface area contributed by atoms with Crippen LogP contribution < -0.4 is 0 Å². The van der Waals surface area contributed by atoms with Crippen molar-refractivity contribution < 1.29 is 8.78 Å². The van der Waals surface area contributed by atoms with E-state index >= 15 is 0 Å². The van der Waals surface area contributed by atoms with Gasteiger partial charge in [0.05, 0.1) is 0 Å². The molecule has 1 atom stereocenters. The van der Waals surface area contributed by atoms with E-state index in [4.69, 9.17) is 0 Å². The predicted molar refractivity (Wildman–Crippen MR) is 116 cm³/mol. The summed E-state index contributed by atoms with van der Waals surface area (Å²) in [6.07, 6.45) is 12.9. The maximum Gasteiger partial charge on any atom is 0.126 e. The highest BCUT2D eigenvalue weighted by atomic mass is 19.1. The zero-order chi connectivity index (χ0) is 20.8. The minimum Gasteiger partial charge on any atom is -0.300 e. The molecule has 30 heavy (non-hydrogen) atoms. The summed E-state index contributed by atoms with van der Waals surface area (Å²) in [5.41, 5.74) is 1.82. The molecule has 0 amide bonds. The quantitative estimate of drug-likeness (QED) is 0.605. The number of nitrogens with zero attached hydrogens (tertiary/aromatic N) is 3. The second kappa shape index (κ2) is 10.5. The Balaban J connectivity index is 1.44. The van der Waals surface area contributed by atoms with E-state index in [0.29, 0.717) is 18.0 Å². The molecule has 1 aromatic carbocycles. The molecule has 2 aromatic rings. The molecular weight excluding hydrogens is 380 g/mol. The van der Waals surface area contributed by atoms with Crippen molar-refractivity contribution in [1.82, 2.24) is 14.8 Å². The summed E-state index contributed by atoms with van der Waals surface area (Å²) in [5.74, 6) is -0.421. The van der Waals surface area contributed by atoms with Crippen LogP contribution in [0.5, 0.6) is 0 Å². The molecule has 1 saturated carbocycles. The third-order valence-electron chi connectivity index (χ3n) is 6.62. The van der Waals surface area contributed by atoms with Crippen molar-refractivity contribution in [3.05, 3.63) is 65.5 Å². The molecule has 3 nitrogen and oxygen atoms in total. The van der Waals surface area contributed by atoms with Crippen molar-refractivity contribution in [3.8, 4) is 0 Å². The number of rotatable bonds is 7. The highest BCUT2D eigenvalue weighted by Gasteiger charge is 2.28. The topological polar surface area (TPSA) is 19.4 Å². The van der Waals surface area contributed by atoms with Gasteiger partial charge in [-0.3, -0.25) is 9.88 Å². The first-order valence-corrected chi connectivity index (χ1v) is 11.5. The number of piperidine rings is 1. The molecule has 2 heterocycles. The second-order valence-electron chi connectivity index (χ2n) is 9.10. The third-order valence-corrected chi connectivity index (χ3v) is 6.62. The van der Waals surface area contributed by atoms with Crippen LogP contribution in [0.25, 0.3) is 0 Å². The molecule has 1 aromatic heterocycles. The van der Waals surface area contributed by atoms with Crippen LogP contribution in [-0.4, -0.2) is 40.5 Å². The molecule has 4 rings (SSSR count). The highest BCUT2D eigenvalue weighted by Crippen LogP contribution is 2.28. The van der Waals surface area contributed by atoms with E-state index < -0.39 is 11.6 Å². The molecule has 0 N–H and O–H groups in total. The molecule has 5 heteroatoms. The van der Waals surface area contributed by atoms with Gasteiger partial charge in [-0.2, -0.15) is 0 Å². The molecule has 1 aliphatic heterocycles. The van der Waals surface area contributed by atoms with E-state index in [1.54, 1.807) is 6.20 Å². The van der Waals surface area contributed by atoms with E-state index in [9.17, 15) is 8.78 Å². The van der Waals surface area contributed by atoms with Gasteiger partial charge in [-0.15, -0.1) is 0 Å². The molecule has 0 radical (unpaired) electrons. The first kappa shape index (κ1) is 21.4. The van der Waals surface area contributed by atoms with Crippen LogP contribution in [0.4, 0.5) is 8.78 Å². The summed E-state index contributed by atoms with van der Waals surface area (Å²) < 4.78 is 27.5. The molecule has 162 valence electrons. The fourth-order valence-electron chi connectivity index (χ4n) is 5.28. The Morgan fingerprint density at radius 2 is 1.70 bits per heavy atom. The lowest BCUT2D eigenvalue weighted by molar-refractivity contribution is 0.0771. The first-order chi connectivity index (χ1) is 14.7. The Morgan fingerprint density at radius 3 is 2.43 bits per heavy atom. The van der Waals surface area contributed by atoms with E-state index in [2.05, 4.69) is 20.9 Å². The molecule has 1 saturated heterocycles. The monoisotopic (exact) mass is 413 g/mol. The summed E-state index contributed by atoms with van der Waals surface area (Å²) in [6, 6.07) is 8.62. The SMILES string of the molecule is Fc1cc(F)cc(CN(Cc2cccnc2)CC2CCCN(C3CCCCC3)C2)c1. The number of hydrogen-bond acceptors (Lipinski definition) is 3. The molecule has 0 bridgehead atoms. The summed E-state index contributed by atoms with van der Waals surface area (Å²) in [7, 11) is 0. The Labute approximate surface area is 179 Å². The fourth-order valence-corrected chi connectivity index (χ4v) is 5.28. The van der Waals surface area contributed by atoms with Crippen molar-refractivity contribution in [2.75, 3.05) is 19.6 Å². The molecular formula is C25H33F2N3. The van der Waals surface area contributed by atoms with Gasteiger partial charge in [0.25, 0.3) is 0 Å². The summed E-state index contributed by atoms with van der Waals surface area (Å²) >= 11 is 0. The predicted octanol–water partition coefficient (Wildman–Crippen LogP) is 5.41. The fraction of sp³-hybridized carbons (Fsp3) is 0.560. The van der Waals surface area contributed by atoms with E-state index in [-0.39, 0.29) is 0 Å². The van der Waals surface area contributed by atoms with Crippen molar-refractivity contribution >= 4 is 0 Å². The Bertz CT molecular complexity index is 772. The van der Waals surface area contributed by atoms with Gasteiger partial charge in [0.1, 0.15) is 11.6 Å². The lowest BCUT2D eigenvalue weighted by Gasteiger charge is -2.41. The zero-order valence-corrected chi connectivity index (χ0v) is 17.8. The lowest BCUT2D eigenvalue weighted by Crippen LogP contribution is -2.46. The van der Waals surface area contributed by atoms with E-state index in [0.717, 1.165) is 37.3 Å². The molecule has 2 aliphatic rings. The average molecular weight is 414 g/mol. The summed E-state index contributed by atoms with van der Waals surface area (Å²) in [6.45, 7) is 4.59. The molecule has 0 spiro atoms. The zero-order valence-electron chi connectivity index (χ0n) is 17.8. The first-order valence-electron chi connectivity index (χ1n) is 11.5. The number of likely N-dealkylation sites (tertiary alicyclic amines) is 1. The average Bonchev–Trinajstić information content (AvgIpc) is 2.74. The number of halogens is 2. The smallest absolute Gasteiger partial charge is 0.126 e. The van der Waals surface area contributed by atoms with Gasteiger partial charge in [0.15, 0.2) is 0 Å². The maximum atomic E-state index is 13.7. The van der Waals surface area contributed by atoms with Crippen LogP contribution in [0.15, 0.2) is 42.7 Å². The number of pyridine rings is 1. The van der Waals surface area contributed by atoms with E-state index in [1.807, 2.05) is 12.3 Å². The number of hydrogen-bond donors (Lipinski definition) is 0. The van der Waals surface area contributed by atoms with Crippen LogP contribution in [0, 0.1) is 17.6 Å². The lowest BCUT2D eigenvalue weighted by atomic mass is 9.90. The molecule has 1 unspecified atom stereocenters. The summed E-state index contributed by atoms with van der Waals surface area (Å²) in [5, 5.41) is 0. The normalized spacial score (nSPS) is 21.2. The van der Waals surface area contributed by atoms with Gasteiger partial charge in [0.2, 0.25) is 0 Å². The summed E-state index contributed by atoms with van der Waals surface area (Å²) in [4.78, 5) is 9.29.